The normalized spacial score (nSPS) is 9.60. The molecule has 15 heavy (non-hydrogen) atoms. The number of hydrogen-bond donors (Lipinski definition) is 1. The number of pyridine rings is 1. The van der Waals surface area contributed by atoms with E-state index < -0.39 is 0 Å². The first-order valence-corrected chi connectivity index (χ1v) is 5.15. The zero-order valence-electron chi connectivity index (χ0n) is 8.06. The van der Waals surface area contributed by atoms with Crippen LogP contribution in [0.5, 0.6) is 0 Å². The summed E-state index contributed by atoms with van der Waals surface area (Å²) in [7, 11) is 0. The maximum atomic E-state index is 8.68. The van der Waals surface area contributed by atoms with Gasteiger partial charge in [-0.15, -0.1) is 11.3 Å². The van der Waals surface area contributed by atoms with Gasteiger partial charge in [0.05, 0.1) is 11.2 Å². The van der Waals surface area contributed by atoms with Crippen LogP contribution in [0.2, 0.25) is 0 Å². The highest BCUT2D eigenvalue weighted by molar-refractivity contribution is 7.15. The highest BCUT2D eigenvalue weighted by atomic mass is 32.1. The summed E-state index contributed by atoms with van der Waals surface area (Å²) in [5, 5.41) is 13.8. The molecule has 0 saturated heterocycles. The molecule has 2 aromatic rings. The standard InChI is InChI=1S/C10H8N4S/c1-7-13-6-10(15-7)14-8-2-3-12-9(4-8)5-11/h2-4,6H,1H3,(H,12,14). The molecule has 0 amide bonds. The zero-order chi connectivity index (χ0) is 10.7. The molecular formula is C10H8N4S. The summed E-state index contributed by atoms with van der Waals surface area (Å²) in [5.74, 6) is 0. The van der Waals surface area contributed by atoms with Gasteiger partial charge in [0.15, 0.2) is 0 Å². The monoisotopic (exact) mass is 216 g/mol. The summed E-state index contributed by atoms with van der Waals surface area (Å²) < 4.78 is 0. The number of aryl methyl sites for hydroxylation is 1. The van der Waals surface area contributed by atoms with Gasteiger partial charge < -0.3 is 5.32 Å². The van der Waals surface area contributed by atoms with Crippen molar-refractivity contribution in [2.24, 2.45) is 0 Å². The number of rotatable bonds is 2. The Hall–Kier alpha value is -1.93. The molecule has 0 aliphatic rings. The molecular weight excluding hydrogens is 208 g/mol. The van der Waals surface area contributed by atoms with Crippen LogP contribution in [0.15, 0.2) is 24.5 Å². The van der Waals surface area contributed by atoms with E-state index in [-0.39, 0.29) is 0 Å². The van der Waals surface area contributed by atoms with Crippen LogP contribution in [0.1, 0.15) is 10.7 Å². The van der Waals surface area contributed by atoms with Crippen molar-refractivity contribution < 1.29 is 0 Å². The minimum absolute atomic E-state index is 0.404. The molecule has 0 aliphatic carbocycles. The van der Waals surface area contributed by atoms with Crippen molar-refractivity contribution in [1.29, 1.82) is 5.26 Å². The molecule has 0 atom stereocenters. The van der Waals surface area contributed by atoms with E-state index in [2.05, 4.69) is 15.3 Å². The van der Waals surface area contributed by atoms with Crippen molar-refractivity contribution in [3.05, 3.63) is 35.2 Å². The van der Waals surface area contributed by atoms with Crippen LogP contribution in [-0.2, 0) is 0 Å². The minimum Gasteiger partial charge on any atom is -0.346 e. The zero-order valence-corrected chi connectivity index (χ0v) is 8.88. The van der Waals surface area contributed by atoms with Crippen molar-refractivity contribution in [2.75, 3.05) is 5.32 Å². The molecule has 0 radical (unpaired) electrons. The predicted molar refractivity (Wildman–Crippen MR) is 59.1 cm³/mol. The second-order valence-corrected chi connectivity index (χ2v) is 4.14. The van der Waals surface area contributed by atoms with Crippen LogP contribution in [0.3, 0.4) is 0 Å². The SMILES string of the molecule is Cc1ncc(Nc2ccnc(C#N)c2)s1. The van der Waals surface area contributed by atoms with Gasteiger partial charge in [-0.3, -0.25) is 0 Å². The van der Waals surface area contributed by atoms with Crippen molar-refractivity contribution in [3.63, 3.8) is 0 Å². The summed E-state index contributed by atoms with van der Waals surface area (Å²) in [4.78, 5) is 8.02. The van der Waals surface area contributed by atoms with Crippen LogP contribution in [-0.4, -0.2) is 9.97 Å². The Morgan fingerprint density at radius 1 is 1.47 bits per heavy atom. The van der Waals surface area contributed by atoms with E-state index >= 15 is 0 Å². The number of nitriles is 1. The molecule has 0 fully saturated rings. The second kappa shape index (κ2) is 4.07. The third-order valence-corrected chi connectivity index (χ3v) is 2.59. The molecule has 0 saturated carbocycles. The summed E-state index contributed by atoms with van der Waals surface area (Å²) >= 11 is 1.57. The lowest BCUT2D eigenvalue weighted by molar-refractivity contribution is 1.26. The Labute approximate surface area is 91.2 Å². The number of thiazole rings is 1. The predicted octanol–water partition coefficient (Wildman–Crippen LogP) is 2.46. The lowest BCUT2D eigenvalue weighted by atomic mass is 10.3. The number of hydrogen-bond acceptors (Lipinski definition) is 5. The molecule has 5 heteroatoms. The highest BCUT2D eigenvalue weighted by Gasteiger charge is 1.99. The van der Waals surface area contributed by atoms with E-state index in [1.807, 2.05) is 19.1 Å². The maximum absolute atomic E-state index is 8.68. The van der Waals surface area contributed by atoms with Gasteiger partial charge in [-0.05, 0) is 19.1 Å². The highest BCUT2D eigenvalue weighted by Crippen LogP contribution is 2.22. The Bertz CT molecular complexity index is 512. The van der Waals surface area contributed by atoms with E-state index in [9.17, 15) is 0 Å². The summed E-state index contributed by atoms with van der Waals surface area (Å²) in [6.07, 6.45) is 3.38. The van der Waals surface area contributed by atoms with Gasteiger partial charge in [0.25, 0.3) is 0 Å². The molecule has 2 heterocycles. The van der Waals surface area contributed by atoms with Crippen molar-refractivity contribution in [1.82, 2.24) is 9.97 Å². The van der Waals surface area contributed by atoms with Gasteiger partial charge in [-0.1, -0.05) is 0 Å². The topological polar surface area (TPSA) is 61.6 Å². The van der Waals surface area contributed by atoms with Crippen molar-refractivity contribution in [3.8, 4) is 6.07 Å². The molecule has 0 bridgehead atoms. The molecule has 0 unspecified atom stereocenters. The first-order valence-electron chi connectivity index (χ1n) is 4.33. The quantitative estimate of drug-likeness (QED) is 0.837. The molecule has 2 rings (SSSR count). The van der Waals surface area contributed by atoms with Crippen LogP contribution in [0.25, 0.3) is 0 Å². The average Bonchev–Trinajstić information content (AvgIpc) is 2.64. The third kappa shape index (κ3) is 2.30. The Morgan fingerprint density at radius 2 is 2.33 bits per heavy atom. The first-order chi connectivity index (χ1) is 7.28. The number of aromatic nitrogens is 2. The van der Waals surface area contributed by atoms with Gasteiger partial charge in [0.2, 0.25) is 0 Å². The van der Waals surface area contributed by atoms with E-state index in [0.29, 0.717) is 5.69 Å². The fraction of sp³-hybridized carbons (Fsp3) is 0.100. The molecule has 0 spiro atoms. The molecule has 0 aromatic carbocycles. The lowest BCUT2D eigenvalue weighted by Crippen LogP contribution is -1.89. The Balaban J connectivity index is 2.21. The van der Waals surface area contributed by atoms with E-state index in [1.165, 1.54) is 0 Å². The van der Waals surface area contributed by atoms with Gasteiger partial charge in [-0.25, -0.2) is 9.97 Å². The Kier molecular flexibility index (Phi) is 2.61. The first kappa shape index (κ1) is 9.62. The van der Waals surface area contributed by atoms with Crippen molar-refractivity contribution in [2.45, 2.75) is 6.92 Å². The van der Waals surface area contributed by atoms with Gasteiger partial charge in [0, 0.05) is 11.9 Å². The molecule has 2 aromatic heterocycles. The fourth-order valence-corrected chi connectivity index (χ4v) is 1.83. The average molecular weight is 216 g/mol. The lowest BCUT2D eigenvalue weighted by Gasteiger charge is -2.01. The number of nitrogens with zero attached hydrogens (tertiary/aromatic N) is 3. The largest absolute Gasteiger partial charge is 0.346 e. The van der Waals surface area contributed by atoms with Crippen LogP contribution >= 0.6 is 11.3 Å². The smallest absolute Gasteiger partial charge is 0.142 e. The van der Waals surface area contributed by atoms with Gasteiger partial charge in [0.1, 0.15) is 16.8 Å². The minimum atomic E-state index is 0.404. The third-order valence-electron chi connectivity index (χ3n) is 1.76. The van der Waals surface area contributed by atoms with E-state index in [1.54, 1.807) is 29.8 Å². The second-order valence-electron chi connectivity index (χ2n) is 2.91. The fourth-order valence-electron chi connectivity index (χ4n) is 1.13. The molecule has 1 N–H and O–H groups in total. The molecule has 4 nitrogen and oxygen atoms in total. The van der Waals surface area contributed by atoms with Gasteiger partial charge in [-0.2, -0.15) is 5.26 Å². The maximum Gasteiger partial charge on any atom is 0.142 e. The summed E-state index contributed by atoms with van der Waals surface area (Å²) in [5.41, 5.74) is 1.26. The van der Waals surface area contributed by atoms with E-state index in [0.717, 1.165) is 15.7 Å². The molecule has 74 valence electrons. The number of anilines is 2. The Morgan fingerprint density at radius 3 is 3.00 bits per heavy atom. The number of nitrogens with one attached hydrogen (secondary N) is 1. The summed E-state index contributed by atoms with van der Waals surface area (Å²) in [6.45, 7) is 1.95. The van der Waals surface area contributed by atoms with E-state index in [4.69, 9.17) is 5.26 Å². The summed E-state index contributed by atoms with van der Waals surface area (Å²) in [6, 6.07) is 5.51. The van der Waals surface area contributed by atoms with Crippen molar-refractivity contribution >= 4 is 22.0 Å². The van der Waals surface area contributed by atoms with Crippen LogP contribution in [0, 0.1) is 18.3 Å². The van der Waals surface area contributed by atoms with Crippen LogP contribution < -0.4 is 5.32 Å². The van der Waals surface area contributed by atoms with Crippen LogP contribution in [0.4, 0.5) is 10.7 Å². The molecule has 0 aliphatic heterocycles. The van der Waals surface area contributed by atoms with Gasteiger partial charge >= 0.3 is 0 Å².